The molecule has 0 fully saturated rings. The largest absolute Gasteiger partial charge is 0.104 e. The van der Waals surface area contributed by atoms with Gasteiger partial charge in [0.1, 0.15) is 0 Å². The minimum absolute atomic E-state index is 0.312. The molecular weight excluding hydrogens is 307 g/mol. The van der Waals surface area contributed by atoms with Gasteiger partial charge in [0.15, 0.2) is 0 Å². The van der Waals surface area contributed by atoms with E-state index in [0.717, 1.165) is 5.66 Å². The molecule has 1 unspecified atom stereocenters. The van der Waals surface area contributed by atoms with E-state index in [4.69, 9.17) is 0 Å². The van der Waals surface area contributed by atoms with Crippen molar-refractivity contribution in [1.82, 2.24) is 0 Å². The molecule has 0 aliphatic carbocycles. The van der Waals surface area contributed by atoms with Crippen molar-refractivity contribution in [3.63, 3.8) is 0 Å². The third-order valence-corrected chi connectivity index (χ3v) is 8.71. The molecule has 0 nitrogen and oxygen atoms in total. The fourth-order valence-corrected chi connectivity index (χ4v) is 7.17. The van der Waals surface area contributed by atoms with E-state index in [1.54, 1.807) is 12.3 Å². The zero-order valence-corrected chi connectivity index (χ0v) is 18.6. The predicted molar refractivity (Wildman–Crippen MR) is 117 cm³/mol. The van der Waals surface area contributed by atoms with Gasteiger partial charge in [-0.25, -0.2) is 0 Å². The highest BCUT2D eigenvalue weighted by Crippen LogP contribution is 2.47. The Labute approximate surface area is 156 Å². The number of hydrogen-bond donors (Lipinski definition) is 0. The van der Waals surface area contributed by atoms with Crippen LogP contribution in [0.25, 0.3) is 0 Å². The molecule has 0 aliphatic rings. The first-order chi connectivity index (χ1) is 11.8. The maximum atomic E-state index is 2.41. The fourth-order valence-electron chi connectivity index (χ4n) is 3.79. The molecule has 0 saturated heterocycles. The van der Waals surface area contributed by atoms with Gasteiger partial charge in [-0.05, 0) is 43.7 Å². The van der Waals surface area contributed by atoms with Crippen molar-refractivity contribution in [1.29, 1.82) is 0 Å². The van der Waals surface area contributed by atoms with Crippen molar-refractivity contribution in [3.8, 4) is 0 Å². The summed E-state index contributed by atoms with van der Waals surface area (Å²) in [5.74, 6) is 0. The molecule has 1 atom stereocenters. The number of unbranched alkanes of at least 4 members (excludes halogenated alkanes) is 10. The molecule has 0 bridgehead atoms. The van der Waals surface area contributed by atoms with Crippen molar-refractivity contribution < 1.29 is 0 Å². The SMILES string of the molecule is CCCCCCCP(CCCCCCC)C(CCC)CCCCC. The standard InChI is InChI=1S/C23H49P/c1-5-9-12-14-17-21-24(22-18-15-13-10-6-2)23(19-8-4)20-16-11-7-3/h23H,5-22H2,1-4H3. The van der Waals surface area contributed by atoms with Crippen LogP contribution in [0.5, 0.6) is 0 Å². The normalized spacial score (nSPS) is 12.9. The highest BCUT2D eigenvalue weighted by molar-refractivity contribution is 7.58. The van der Waals surface area contributed by atoms with Gasteiger partial charge in [-0.3, -0.25) is 0 Å². The highest BCUT2D eigenvalue weighted by Gasteiger charge is 2.19. The molecule has 0 radical (unpaired) electrons. The van der Waals surface area contributed by atoms with E-state index < -0.39 is 0 Å². The zero-order chi connectivity index (χ0) is 17.9. The zero-order valence-electron chi connectivity index (χ0n) is 17.8. The Hall–Kier alpha value is 0.430. The van der Waals surface area contributed by atoms with Crippen LogP contribution >= 0.6 is 7.92 Å². The number of rotatable bonds is 19. The molecule has 0 aromatic rings. The van der Waals surface area contributed by atoms with Crippen LogP contribution < -0.4 is 0 Å². The first-order valence-corrected chi connectivity index (χ1v) is 13.3. The van der Waals surface area contributed by atoms with Gasteiger partial charge in [-0.2, -0.15) is 0 Å². The van der Waals surface area contributed by atoms with Crippen molar-refractivity contribution in [2.24, 2.45) is 0 Å². The Morgan fingerprint density at radius 3 is 1.38 bits per heavy atom. The monoisotopic (exact) mass is 356 g/mol. The van der Waals surface area contributed by atoms with E-state index in [9.17, 15) is 0 Å². The van der Waals surface area contributed by atoms with E-state index in [0.29, 0.717) is 7.92 Å². The summed E-state index contributed by atoms with van der Waals surface area (Å²) in [5, 5.41) is 0. The molecule has 0 amide bonds. The van der Waals surface area contributed by atoms with E-state index in [1.165, 1.54) is 103 Å². The maximum Gasteiger partial charge on any atom is -0.0209 e. The van der Waals surface area contributed by atoms with E-state index in [1.807, 2.05) is 0 Å². The molecular formula is C23H49P. The summed E-state index contributed by atoms with van der Waals surface area (Å²) in [6, 6.07) is 0. The van der Waals surface area contributed by atoms with E-state index in [2.05, 4.69) is 27.7 Å². The molecule has 0 aliphatic heterocycles. The summed E-state index contributed by atoms with van der Waals surface area (Å²) < 4.78 is 0. The lowest BCUT2D eigenvalue weighted by Gasteiger charge is -2.28. The van der Waals surface area contributed by atoms with Gasteiger partial charge < -0.3 is 0 Å². The van der Waals surface area contributed by atoms with Gasteiger partial charge in [0.05, 0.1) is 0 Å². The van der Waals surface area contributed by atoms with Crippen LogP contribution in [0.4, 0.5) is 0 Å². The Balaban J connectivity index is 4.29. The second kappa shape index (κ2) is 19.8. The van der Waals surface area contributed by atoms with Crippen molar-refractivity contribution in [2.75, 3.05) is 12.3 Å². The lowest BCUT2D eigenvalue weighted by molar-refractivity contribution is 0.601. The fraction of sp³-hybridized carbons (Fsp3) is 1.00. The minimum atomic E-state index is 0.312. The molecule has 0 heterocycles. The lowest BCUT2D eigenvalue weighted by Crippen LogP contribution is -2.10. The Morgan fingerprint density at radius 2 is 0.917 bits per heavy atom. The molecule has 24 heavy (non-hydrogen) atoms. The molecule has 0 spiro atoms. The average Bonchev–Trinajstić information content (AvgIpc) is 2.59. The summed E-state index contributed by atoms with van der Waals surface area (Å²) in [7, 11) is 0.312. The van der Waals surface area contributed by atoms with Gasteiger partial charge in [0.25, 0.3) is 0 Å². The van der Waals surface area contributed by atoms with Crippen LogP contribution in [0.15, 0.2) is 0 Å². The molecule has 1 heteroatoms. The summed E-state index contributed by atoms with van der Waals surface area (Å²) >= 11 is 0. The maximum absolute atomic E-state index is 2.41. The molecule has 0 rings (SSSR count). The van der Waals surface area contributed by atoms with E-state index in [-0.39, 0.29) is 0 Å². The Morgan fingerprint density at radius 1 is 0.458 bits per heavy atom. The van der Waals surface area contributed by atoms with Crippen molar-refractivity contribution in [2.45, 2.75) is 136 Å². The summed E-state index contributed by atoms with van der Waals surface area (Å²) in [6.45, 7) is 9.41. The summed E-state index contributed by atoms with van der Waals surface area (Å²) in [5.41, 5.74) is 1.09. The lowest BCUT2D eigenvalue weighted by atomic mass is 10.1. The molecule has 0 aromatic heterocycles. The predicted octanol–water partition coefficient (Wildman–Crippen LogP) is 9.16. The van der Waals surface area contributed by atoms with Gasteiger partial charge in [-0.15, -0.1) is 7.92 Å². The minimum Gasteiger partial charge on any atom is -0.104 e. The Kier molecular flexibility index (Phi) is 20.1. The average molecular weight is 357 g/mol. The molecule has 0 aromatic carbocycles. The van der Waals surface area contributed by atoms with Crippen LogP contribution in [0.3, 0.4) is 0 Å². The first-order valence-electron chi connectivity index (χ1n) is 11.5. The molecule has 146 valence electrons. The van der Waals surface area contributed by atoms with Crippen LogP contribution in [0, 0.1) is 0 Å². The van der Waals surface area contributed by atoms with Crippen molar-refractivity contribution in [3.05, 3.63) is 0 Å². The molecule has 0 saturated carbocycles. The van der Waals surface area contributed by atoms with Gasteiger partial charge in [0, 0.05) is 0 Å². The quantitative estimate of drug-likeness (QED) is 0.160. The van der Waals surface area contributed by atoms with E-state index >= 15 is 0 Å². The smallest absolute Gasteiger partial charge is 0.0209 e. The van der Waals surface area contributed by atoms with Gasteiger partial charge in [-0.1, -0.05) is 105 Å². The molecule has 0 N–H and O–H groups in total. The van der Waals surface area contributed by atoms with Crippen LogP contribution in [-0.4, -0.2) is 18.0 Å². The van der Waals surface area contributed by atoms with Crippen LogP contribution in [-0.2, 0) is 0 Å². The number of hydrogen-bond acceptors (Lipinski definition) is 0. The first kappa shape index (κ1) is 24.4. The van der Waals surface area contributed by atoms with Gasteiger partial charge in [0.2, 0.25) is 0 Å². The second-order valence-electron chi connectivity index (χ2n) is 7.80. The van der Waals surface area contributed by atoms with Crippen LogP contribution in [0.2, 0.25) is 0 Å². The third-order valence-electron chi connectivity index (χ3n) is 5.38. The van der Waals surface area contributed by atoms with Gasteiger partial charge >= 0.3 is 0 Å². The third kappa shape index (κ3) is 14.7. The summed E-state index contributed by atoms with van der Waals surface area (Å²) in [4.78, 5) is 0. The topological polar surface area (TPSA) is 0 Å². The highest BCUT2D eigenvalue weighted by atomic mass is 31.1. The summed E-state index contributed by atoms with van der Waals surface area (Å²) in [6.07, 6.45) is 26.6. The Bertz CT molecular complexity index is 212. The second-order valence-corrected chi connectivity index (χ2v) is 10.6. The van der Waals surface area contributed by atoms with Crippen molar-refractivity contribution >= 4 is 7.92 Å². The van der Waals surface area contributed by atoms with Crippen LogP contribution in [0.1, 0.15) is 130 Å².